The van der Waals surface area contributed by atoms with E-state index in [0.717, 1.165) is 22.6 Å². The van der Waals surface area contributed by atoms with E-state index >= 15 is 0 Å². The maximum atomic E-state index is 3.59. The molecule has 0 aliphatic heterocycles. The third-order valence-corrected chi connectivity index (χ3v) is 16.7. The molecule has 2 aromatic carbocycles. The van der Waals surface area contributed by atoms with Crippen molar-refractivity contribution in [3.05, 3.63) is 60.7 Å². The maximum Gasteiger partial charge on any atom is 2.00 e. The van der Waals surface area contributed by atoms with Crippen LogP contribution in [0.1, 0.15) is 128 Å². The molecule has 0 saturated heterocycles. The first-order chi connectivity index (χ1) is 18.9. The van der Waals surface area contributed by atoms with Crippen LogP contribution < -0.4 is 10.6 Å². The van der Waals surface area contributed by atoms with Crippen molar-refractivity contribution in [3.63, 3.8) is 0 Å². The third-order valence-electron chi connectivity index (χ3n) is 9.81. The molecule has 0 amide bonds. The molecule has 4 fully saturated rings. The minimum Gasteiger partial charge on any atom is -0.176 e. The Morgan fingerprint density at radius 1 is 0.410 bits per heavy atom. The fraction of sp³-hybridized carbons (Fsp3) is 0.667. The fourth-order valence-corrected chi connectivity index (χ4v) is 15.3. The first kappa shape index (κ1) is 31.9. The van der Waals surface area contributed by atoms with E-state index in [1.54, 1.807) is 10.6 Å². The van der Waals surface area contributed by atoms with Crippen LogP contribution in [0.2, 0.25) is 0 Å². The van der Waals surface area contributed by atoms with Crippen molar-refractivity contribution in [1.82, 2.24) is 0 Å². The molecule has 4 aliphatic carbocycles. The summed E-state index contributed by atoms with van der Waals surface area (Å²) in [5.41, 5.74) is 4.02. The van der Waals surface area contributed by atoms with Crippen LogP contribution in [0.25, 0.3) is 0 Å². The van der Waals surface area contributed by atoms with Crippen LogP contribution in [0.3, 0.4) is 0 Å². The maximum absolute atomic E-state index is 3.59. The van der Waals surface area contributed by atoms with Gasteiger partial charge in [-0.05, 0) is 74.0 Å². The Morgan fingerprint density at radius 3 is 0.923 bits per heavy atom. The minimum atomic E-state index is 0. The predicted molar refractivity (Wildman–Crippen MR) is 171 cm³/mol. The molecule has 0 aromatic heterocycles. The topological polar surface area (TPSA) is 0 Å². The molecule has 2 aromatic rings. The Morgan fingerprint density at radius 2 is 0.692 bits per heavy atom. The Hall–Kier alpha value is -0.0766. The summed E-state index contributed by atoms with van der Waals surface area (Å²) in [6, 6.07) is 24.9. The van der Waals surface area contributed by atoms with E-state index in [0.29, 0.717) is 0 Å². The third kappa shape index (κ3) is 9.46. The molecule has 4 saturated carbocycles. The first-order valence-corrected chi connectivity index (χ1v) is 19.4. The summed E-state index contributed by atoms with van der Waals surface area (Å²) >= 11 is 0. The largest absolute Gasteiger partial charge is 2.00 e. The Kier molecular flexibility index (Phi) is 14.5. The zero-order valence-corrected chi connectivity index (χ0v) is 29.4. The molecular weight excluding hydrogens is 560 g/mol. The molecule has 4 aliphatic rings. The van der Waals surface area contributed by atoms with Crippen molar-refractivity contribution in [2.24, 2.45) is 0 Å². The monoisotopic (exact) mass is 610 g/mol. The summed E-state index contributed by atoms with van der Waals surface area (Å²) in [5, 5.41) is 3.16. The Balaban J connectivity index is 0.000000176. The SMILES string of the molecule is [Zn+2].[c-]1ccccc1P(C1CCCCC1)C1CCCCC1.[c-]1ccccc1P(C1CCCCC1)C1CCCCC1. The van der Waals surface area contributed by atoms with E-state index in [4.69, 9.17) is 0 Å². The second kappa shape index (κ2) is 17.8. The summed E-state index contributed by atoms with van der Waals surface area (Å²) in [7, 11) is 0.105. The van der Waals surface area contributed by atoms with Gasteiger partial charge in [-0.25, -0.2) is 0 Å². The van der Waals surface area contributed by atoms with E-state index in [9.17, 15) is 0 Å². The average Bonchev–Trinajstić information content (AvgIpc) is 3.01. The molecular formula is C36H52P2Zn. The molecule has 0 heterocycles. The molecule has 6 rings (SSSR count). The van der Waals surface area contributed by atoms with Gasteiger partial charge in [-0.2, -0.15) is 60.7 Å². The van der Waals surface area contributed by atoms with Gasteiger partial charge in [0.05, 0.1) is 0 Å². The van der Waals surface area contributed by atoms with Crippen LogP contribution in [0.15, 0.2) is 48.5 Å². The molecule has 0 unspecified atom stereocenters. The fourth-order valence-electron chi connectivity index (χ4n) is 7.91. The summed E-state index contributed by atoms with van der Waals surface area (Å²) in [6.45, 7) is 0. The van der Waals surface area contributed by atoms with E-state index in [1.807, 2.05) is 0 Å². The molecule has 0 N–H and O–H groups in total. The van der Waals surface area contributed by atoms with Crippen molar-refractivity contribution < 1.29 is 19.5 Å². The number of hydrogen-bond donors (Lipinski definition) is 0. The standard InChI is InChI=1S/2C18H26P.Zn/c2*1-4-10-16(11-5-1)19(17-12-6-2-7-13-17)18-14-8-3-9-15-18;/h2*1,4-5,10,17-18H,2-3,6-9,12-15H2;/q2*-1;+2. The Labute approximate surface area is 256 Å². The average molecular weight is 612 g/mol. The van der Waals surface area contributed by atoms with Gasteiger partial charge in [-0.1, -0.05) is 92.9 Å². The summed E-state index contributed by atoms with van der Waals surface area (Å²) in [4.78, 5) is 0. The summed E-state index contributed by atoms with van der Waals surface area (Å²) in [6.07, 6.45) is 29.6. The predicted octanol–water partition coefficient (Wildman–Crippen LogP) is 10.5. The van der Waals surface area contributed by atoms with Gasteiger partial charge in [-0.3, -0.25) is 0 Å². The summed E-state index contributed by atoms with van der Waals surface area (Å²) in [5.74, 6) is 0. The van der Waals surface area contributed by atoms with Crippen LogP contribution in [0.5, 0.6) is 0 Å². The normalized spacial score (nSPS) is 22.2. The van der Waals surface area contributed by atoms with Gasteiger partial charge in [0.2, 0.25) is 0 Å². The van der Waals surface area contributed by atoms with Crippen LogP contribution in [0.4, 0.5) is 0 Å². The van der Waals surface area contributed by atoms with E-state index < -0.39 is 0 Å². The van der Waals surface area contributed by atoms with Crippen molar-refractivity contribution in [1.29, 1.82) is 0 Å². The second-order valence-corrected chi connectivity index (χ2v) is 18.0. The molecule has 0 spiro atoms. The smallest absolute Gasteiger partial charge is 0.176 e. The Bertz CT molecular complexity index is 767. The van der Waals surface area contributed by atoms with Crippen molar-refractivity contribution in [2.75, 3.05) is 0 Å². The summed E-state index contributed by atoms with van der Waals surface area (Å²) < 4.78 is 0. The second-order valence-electron chi connectivity index (χ2n) is 12.5. The van der Waals surface area contributed by atoms with Crippen molar-refractivity contribution in [2.45, 2.75) is 151 Å². The van der Waals surface area contributed by atoms with Crippen molar-refractivity contribution in [3.8, 4) is 0 Å². The van der Waals surface area contributed by atoms with Gasteiger partial charge in [-0.15, -0.1) is 10.6 Å². The number of hydrogen-bond acceptors (Lipinski definition) is 0. The minimum absolute atomic E-state index is 0. The van der Waals surface area contributed by atoms with Gasteiger partial charge < -0.3 is 0 Å². The van der Waals surface area contributed by atoms with Gasteiger partial charge in [0, 0.05) is 0 Å². The van der Waals surface area contributed by atoms with Gasteiger partial charge in [0.15, 0.2) is 0 Å². The molecule has 208 valence electrons. The van der Waals surface area contributed by atoms with E-state index in [2.05, 4.69) is 60.7 Å². The van der Waals surface area contributed by atoms with Crippen LogP contribution in [-0.2, 0) is 19.5 Å². The molecule has 0 nitrogen and oxygen atoms in total. The first-order valence-electron chi connectivity index (χ1n) is 16.4. The molecule has 0 bridgehead atoms. The quantitative estimate of drug-likeness (QED) is 0.173. The van der Waals surface area contributed by atoms with Crippen LogP contribution in [0, 0.1) is 12.1 Å². The zero-order chi connectivity index (χ0) is 25.8. The van der Waals surface area contributed by atoms with Crippen molar-refractivity contribution >= 4 is 26.5 Å². The molecule has 39 heavy (non-hydrogen) atoms. The van der Waals surface area contributed by atoms with E-state index in [1.165, 1.54) is 128 Å². The zero-order valence-electron chi connectivity index (χ0n) is 24.7. The number of rotatable bonds is 6. The van der Waals surface area contributed by atoms with Gasteiger partial charge in [0.25, 0.3) is 0 Å². The van der Waals surface area contributed by atoms with Crippen LogP contribution >= 0.6 is 15.8 Å². The van der Waals surface area contributed by atoms with Crippen LogP contribution in [-0.4, -0.2) is 22.6 Å². The van der Waals surface area contributed by atoms with Gasteiger partial charge >= 0.3 is 19.5 Å². The molecule has 0 atom stereocenters. The van der Waals surface area contributed by atoms with Gasteiger partial charge in [0.1, 0.15) is 0 Å². The molecule has 3 heteroatoms. The number of benzene rings is 2. The molecule has 0 radical (unpaired) electrons. The van der Waals surface area contributed by atoms with E-state index in [-0.39, 0.29) is 35.3 Å².